The molecule has 0 aliphatic heterocycles. The minimum Gasteiger partial charge on any atom is -0.481 e. The van der Waals surface area contributed by atoms with Crippen LogP contribution in [0.25, 0.3) is 0 Å². The van der Waals surface area contributed by atoms with Crippen LogP contribution in [-0.2, 0) is 4.79 Å². The molecule has 4 heteroatoms. The fourth-order valence-corrected chi connectivity index (χ4v) is 1.48. The molecule has 0 fully saturated rings. The normalized spacial score (nSPS) is 12.5. The van der Waals surface area contributed by atoms with Crippen molar-refractivity contribution in [2.24, 2.45) is 5.41 Å². The van der Waals surface area contributed by atoms with E-state index in [1.54, 1.807) is 13.8 Å². The number of carboxylic acids is 1. The molecule has 0 saturated heterocycles. The lowest BCUT2D eigenvalue weighted by Crippen LogP contribution is -2.38. The molecule has 0 aliphatic carbocycles. The first-order valence-electron chi connectivity index (χ1n) is 5.32. The Morgan fingerprint density at radius 1 is 1.20 bits per heavy atom. The van der Waals surface area contributed by atoms with Crippen molar-refractivity contribution in [1.82, 2.24) is 9.80 Å². The largest absolute Gasteiger partial charge is 0.481 e. The lowest BCUT2D eigenvalue weighted by atomic mass is 9.93. The van der Waals surface area contributed by atoms with Gasteiger partial charge in [-0.05, 0) is 54.5 Å². The molecule has 0 atom stereocenters. The van der Waals surface area contributed by atoms with E-state index in [2.05, 4.69) is 9.80 Å². The van der Waals surface area contributed by atoms with E-state index in [9.17, 15) is 4.79 Å². The van der Waals surface area contributed by atoms with Gasteiger partial charge in [-0.1, -0.05) is 0 Å². The lowest BCUT2D eigenvalue weighted by Gasteiger charge is -2.26. The quantitative estimate of drug-likeness (QED) is 0.689. The summed E-state index contributed by atoms with van der Waals surface area (Å²) in [6, 6.07) is 0. The number of aliphatic carboxylic acids is 1. The van der Waals surface area contributed by atoms with Gasteiger partial charge in [-0.15, -0.1) is 0 Å². The summed E-state index contributed by atoms with van der Waals surface area (Å²) in [6.45, 7) is 6.10. The second-order valence-electron chi connectivity index (χ2n) is 5.08. The average molecular weight is 216 g/mol. The van der Waals surface area contributed by atoms with E-state index in [1.807, 2.05) is 21.1 Å². The molecular formula is C11H24N2O2. The van der Waals surface area contributed by atoms with Crippen LogP contribution in [0.1, 0.15) is 20.3 Å². The maximum atomic E-state index is 10.9. The molecule has 4 nitrogen and oxygen atoms in total. The summed E-state index contributed by atoms with van der Waals surface area (Å²) in [5, 5.41) is 8.97. The molecule has 0 radical (unpaired) electrons. The molecule has 1 N–H and O–H groups in total. The average Bonchev–Trinajstić information content (AvgIpc) is 2.01. The van der Waals surface area contributed by atoms with Gasteiger partial charge in [0.1, 0.15) is 0 Å². The van der Waals surface area contributed by atoms with E-state index in [-0.39, 0.29) is 0 Å². The highest BCUT2D eigenvalue weighted by Gasteiger charge is 2.28. The predicted molar refractivity (Wildman–Crippen MR) is 62.1 cm³/mol. The van der Waals surface area contributed by atoms with E-state index in [1.165, 1.54) is 0 Å². The Hall–Kier alpha value is -0.610. The van der Waals surface area contributed by atoms with Crippen molar-refractivity contribution >= 4 is 5.97 Å². The molecule has 0 aromatic heterocycles. The van der Waals surface area contributed by atoms with Gasteiger partial charge in [0.25, 0.3) is 0 Å². The first-order chi connectivity index (χ1) is 6.75. The number of carbonyl (C=O) groups is 1. The fraction of sp³-hybridized carbons (Fsp3) is 0.909. The molecule has 0 heterocycles. The summed E-state index contributed by atoms with van der Waals surface area (Å²) in [5.41, 5.74) is -0.660. The van der Waals surface area contributed by atoms with Crippen molar-refractivity contribution in [2.45, 2.75) is 20.3 Å². The Morgan fingerprint density at radius 3 is 2.13 bits per heavy atom. The number of nitrogens with zero attached hydrogens (tertiary/aromatic N) is 2. The van der Waals surface area contributed by atoms with Crippen LogP contribution in [0.3, 0.4) is 0 Å². The van der Waals surface area contributed by atoms with Crippen LogP contribution < -0.4 is 0 Å². The van der Waals surface area contributed by atoms with Crippen molar-refractivity contribution in [2.75, 3.05) is 40.8 Å². The third-order valence-electron chi connectivity index (χ3n) is 2.39. The third kappa shape index (κ3) is 6.47. The zero-order chi connectivity index (χ0) is 12.1. The lowest BCUT2D eigenvalue weighted by molar-refractivity contribution is -0.147. The summed E-state index contributed by atoms with van der Waals surface area (Å²) in [5.74, 6) is -0.734. The molecule has 0 amide bonds. The predicted octanol–water partition coefficient (Wildman–Crippen LogP) is 0.981. The van der Waals surface area contributed by atoms with Gasteiger partial charge in [0.05, 0.1) is 5.41 Å². The summed E-state index contributed by atoms with van der Waals surface area (Å²) in [4.78, 5) is 15.1. The van der Waals surface area contributed by atoms with E-state index < -0.39 is 11.4 Å². The number of hydrogen-bond donors (Lipinski definition) is 1. The van der Waals surface area contributed by atoms with Gasteiger partial charge >= 0.3 is 5.97 Å². The Balaban J connectivity index is 3.83. The maximum Gasteiger partial charge on any atom is 0.310 e. The van der Waals surface area contributed by atoms with Gasteiger partial charge in [0, 0.05) is 6.54 Å². The summed E-state index contributed by atoms with van der Waals surface area (Å²) >= 11 is 0. The van der Waals surface area contributed by atoms with E-state index in [0.29, 0.717) is 6.54 Å². The van der Waals surface area contributed by atoms with Crippen LogP contribution in [0.5, 0.6) is 0 Å². The van der Waals surface area contributed by atoms with Crippen LogP contribution in [0.2, 0.25) is 0 Å². The second-order valence-corrected chi connectivity index (χ2v) is 5.08. The molecule has 90 valence electrons. The number of hydrogen-bond acceptors (Lipinski definition) is 3. The van der Waals surface area contributed by atoms with Gasteiger partial charge in [0.15, 0.2) is 0 Å². The summed E-state index contributed by atoms with van der Waals surface area (Å²) < 4.78 is 0. The molecule has 0 spiro atoms. The Labute approximate surface area is 92.9 Å². The summed E-state index contributed by atoms with van der Waals surface area (Å²) in [6.07, 6.45) is 1.07. The van der Waals surface area contributed by atoms with E-state index in [4.69, 9.17) is 5.11 Å². The van der Waals surface area contributed by atoms with Gasteiger partial charge in [-0.25, -0.2) is 0 Å². The van der Waals surface area contributed by atoms with Crippen LogP contribution in [0.15, 0.2) is 0 Å². The topological polar surface area (TPSA) is 43.8 Å². The van der Waals surface area contributed by atoms with Crippen molar-refractivity contribution in [3.05, 3.63) is 0 Å². The monoisotopic (exact) mass is 216 g/mol. The van der Waals surface area contributed by atoms with Gasteiger partial charge in [-0.2, -0.15) is 0 Å². The molecule has 15 heavy (non-hydrogen) atoms. The molecule has 0 aromatic carbocycles. The molecule has 0 saturated carbocycles. The highest BCUT2D eigenvalue weighted by molar-refractivity contribution is 5.73. The molecule has 0 rings (SSSR count). The van der Waals surface area contributed by atoms with Gasteiger partial charge < -0.3 is 14.9 Å². The highest BCUT2D eigenvalue weighted by atomic mass is 16.4. The van der Waals surface area contributed by atoms with Crippen molar-refractivity contribution in [3.63, 3.8) is 0 Å². The van der Waals surface area contributed by atoms with E-state index >= 15 is 0 Å². The zero-order valence-electron chi connectivity index (χ0n) is 10.6. The van der Waals surface area contributed by atoms with Crippen molar-refractivity contribution in [1.29, 1.82) is 0 Å². The van der Waals surface area contributed by atoms with Crippen LogP contribution in [-0.4, -0.2) is 61.7 Å². The first kappa shape index (κ1) is 14.4. The smallest absolute Gasteiger partial charge is 0.310 e. The summed E-state index contributed by atoms with van der Waals surface area (Å²) in [7, 11) is 6.06. The maximum absolute atomic E-state index is 10.9. The standard InChI is InChI=1S/C11H24N2O2/c1-11(2,10(14)15)9-13(5)8-6-7-12(3)4/h6-9H2,1-5H3,(H,14,15). The molecule has 0 unspecified atom stereocenters. The Morgan fingerprint density at radius 2 is 1.73 bits per heavy atom. The Kier molecular flexibility index (Phi) is 5.83. The Bertz CT molecular complexity index is 203. The minimum absolute atomic E-state index is 0.593. The van der Waals surface area contributed by atoms with Crippen molar-refractivity contribution in [3.8, 4) is 0 Å². The van der Waals surface area contributed by atoms with Crippen LogP contribution >= 0.6 is 0 Å². The zero-order valence-corrected chi connectivity index (χ0v) is 10.6. The molecular weight excluding hydrogens is 192 g/mol. The van der Waals surface area contributed by atoms with Gasteiger partial charge in [-0.3, -0.25) is 4.79 Å². The number of carboxylic acid groups (broad SMARTS) is 1. The molecule has 0 aromatic rings. The second kappa shape index (κ2) is 6.08. The highest BCUT2D eigenvalue weighted by Crippen LogP contribution is 2.16. The number of rotatable bonds is 7. The fourth-order valence-electron chi connectivity index (χ4n) is 1.48. The molecule has 0 aliphatic rings. The van der Waals surface area contributed by atoms with Crippen molar-refractivity contribution < 1.29 is 9.90 Å². The van der Waals surface area contributed by atoms with Crippen LogP contribution in [0, 0.1) is 5.41 Å². The van der Waals surface area contributed by atoms with Crippen LogP contribution in [0.4, 0.5) is 0 Å². The first-order valence-corrected chi connectivity index (χ1v) is 5.32. The van der Waals surface area contributed by atoms with E-state index in [0.717, 1.165) is 19.5 Å². The van der Waals surface area contributed by atoms with Gasteiger partial charge in [0.2, 0.25) is 0 Å². The molecule has 0 bridgehead atoms. The SMILES string of the molecule is CN(C)CCCN(C)CC(C)(C)C(=O)O. The minimum atomic E-state index is -0.734. The third-order valence-corrected chi connectivity index (χ3v) is 2.39.